The van der Waals surface area contributed by atoms with Crippen molar-refractivity contribution in [3.8, 4) is 0 Å². The molecule has 2 rings (SSSR count). The van der Waals surface area contributed by atoms with Crippen LogP contribution in [0.4, 0.5) is 11.5 Å². The highest BCUT2D eigenvalue weighted by molar-refractivity contribution is 7.07. The van der Waals surface area contributed by atoms with Crippen LogP contribution in [0.1, 0.15) is 5.69 Å². The molecule has 16 heavy (non-hydrogen) atoms. The molecule has 0 atom stereocenters. The van der Waals surface area contributed by atoms with Crippen molar-refractivity contribution in [1.82, 2.24) is 9.97 Å². The van der Waals surface area contributed by atoms with E-state index in [-0.39, 0.29) is 5.82 Å². The lowest BCUT2D eigenvalue weighted by Crippen LogP contribution is -2.03. The molecule has 0 amide bonds. The first kappa shape index (κ1) is 10.5. The average molecular weight is 236 g/mol. The number of thiazole rings is 1. The summed E-state index contributed by atoms with van der Waals surface area (Å²) in [5.74, 6) is -0.169. The van der Waals surface area contributed by atoms with E-state index in [1.807, 2.05) is 5.38 Å². The molecule has 0 unspecified atom stereocenters. The minimum Gasteiger partial charge on any atom is -0.372 e. The van der Waals surface area contributed by atoms with E-state index in [9.17, 15) is 10.1 Å². The summed E-state index contributed by atoms with van der Waals surface area (Å²) in [6, 6.07) is 3.27. The highest BCUT2D eigenvalue weighted by Gasteiger charge is 2.13. The Morgan fingerprint density at radius 1 is 1.50 bits per heavy atom. The van der Waals surface area contributed by atoms with E-state index in [0.29, 0.717) is 12.2 Å². The molecular formula is C9H8N4O2S. The summed E-state index contributed by atoms with van der Waals surface area (Å²) < 4.78 is 0. The first-order valence-electron chi connectivity index (χ1n) is 4.47. The van der Waals surface area contributed by atoms with Gasteiger partial charge >= 0.3 is 5.82 Å². The van der Waals surface area contributed by atoms with Crippen LogP contribution in [-0.4, -0.2) is 14.9 Å². The second-order valence-electron chi connectivity index (χ2n) is 2.97. The van der Waals surface area contributed by atoms with Gasteiger partial charge in [0, 0.05) is 5.38 Å². The van der Waals surface area contributed by atoms with Gasteiger partial charge in [0.2, 0.25) is 0 Å². The van der Waals surface area contributed by atoms with E-state index >= 15 is 0 Å². The summed E-state index contributed by atoms with van der Waals surface area (Å²) in [7, 11) is 0. The lowest BCUT2D eigenvalue weighted by Gasteiger charge is -2.03. The van der Waals surface area contributed by atoms with E-state index in [2.05, 4.69) is 15.3 Å². The number of aromatic nitrogens is 2. The number of nitrogens with zero attached hydrogens (tertiary/aromatic N) is 3. The highest BCUT2D eigenvalue weighted by Crippen LogP contribution is 2.20. The predicted octanol–water partition coefficient (Wildman–Crippen LogP) is 2.06. The Morgan fingerprint density at radius 3 is 3.06 bits per heavy atom. The van der Waals surface area contributed by atoms with Crippen molar-refractivity contribution in [3.05, 3.63) is 45.0 Å². The second-order valence-corrected chi connectivity index (χ2v) is 3.68. The van der Waals surface area contributed by atoms with Crippen LogP contribution in [0.25, 0.3) is 0 Å². The van der Waals surface area contributed by atoms with Gasteiger partial charge in [-0.05, 0) is 22.0 Å². The van der Waals surface area contributed by atoms with E-state index in [0.717, 1.165) is 5.69 Å². The molecule has 0 spiro atoms. The summed E-state index contributed by atoms with van der Waals surface area (Å²) in [6.45, 7) is 0.454. The molecule has 0 aliphatic rings. The SMILES string of the molecule is O=[N+]([O-])c1ncccc1NCc1cscn1. The fraction of sp³-hybridized carbons (Fsp3) is 0.111. The average Bonchev–Trinajstić information content (AvgIpc) is 2.79. The van der Waals surface area contributed by atoms with Crippen LogP contribution < -0.4 is 5.32 Å². The zero-order chi connectivity index (χ0) is 11.4. The number of hydrogen-bond donors (Lipinski definition) is 1. The summed E-state index contributed by atoms with van der Waals surface area (Å²) in [5, 5.41) is 15.5. The maximum atomic E-state index is 10.7. The van der Waals surface area contributed by atoms with Crippen molar-refractivity contribution >= 4 is 22.8 Å². The maximum Gasteiger partial charge on any atom is 0.386 e. The monoisotopic (exact) mass is 236 g/mol. The van der Waals surface area contributed by atoms with Crippen LogP contribution in [0.15, 0.2) is 29.2 Å². The van der Waals surface area contributed by atoms with Gasteiger partial charge < -0.3 is 15.4 Å². The number of nitrogens with one attached hydrogen (secondary N) is 1. The molecule has 0 radical (unpaired) electrons. The number of rotatable bonds is 4. The van der Waals surface area contributed by atoms with E-state index < -0.39 is 4.92 Å². The minimum absolute atomic E-state index is 0.169. The van der Waals surface area contributed by atoms with Gasteiger partial charge in [0.05, 0.1) is 17.7 Å². The van der Waals surface area contributed by atoms with Crippen molar-refractivity contribution < 1.29 is 4.92 Å². The Kier molecular flexibility index (Phi) is 3.06. The smallest absolute Gasteiger partial charge is 0.372 e. The Morgan fingerprint density at radius 2 is 2.38 bits per heavy atom. The molecule has 0 aliphatic carbocycles. The van der Waals surface area contributed by atoms with Crippen molar-refractivity contribution in [2.75, 3.05) is 5.32 Å². The van der Waals surface area contributed by atoms with E-state index in [1.54, 1.807) is 17.6 Å². The van der Waals surface area contributed by atoms with Gasteiger partial charge in [0.15, 0.2) is 0 Å². The number of hydrogen-bond acceptors (Lipinski definition) is 6. The fourth-order valence-electron chi connectivity index (χ4n) is 1.19. The molecule has 6 nitrogen and oxygen atoms in total. The van der Waals surface area contributed by atoms with Gasteiger partial charge in [-0.15, -0.1) is 11.3 Å². The van der Waals surface area contributed by atoms with Crippen molar-refractivity contribution in [1.29, 1.82) is 0 Å². The summed E-state index contributed by atoms with van der Waals surface area (Å²) in [6.07, 6.45) is 1.39. The van der Waals surface area contributed by atoms with Crippen LogP contribution in [0.3, 0.4) is 0 Å². The third-order valence-electron chi connectivity index (χ3n) is 1.90. The maximum absolute atomic E-state index is 10.7. The molecule has 2 heterocycles. The van der Waals surface area contributed by atoms with Crippen molar-refractivity contribution in [3.63, 3.8) is 0 Å². The quantitative estimate of drug-likeness (QED) is 0.649. The van der Waals surface area contributed by atoms with Crippen LogP contribution in [-0.2, 0) is 6.54 Å². The zero-order valence-electron chi connectivity index (χ0n) is 8.16. The standard InChI is InChI=1S/C9H8N4O2S/c14-13(15)9-8(2-1-3-10-9)11-4-7-5-16-6-12-7/h1-3,5-6,11H,4H2. The van der Waals surface area contributed by atoms with Crippen molar-refractivity contribution in [2.24, 2.45) is 0 Å². The molecule has 82 valence electrons. The number of anilines is 1. The van der Waals surface area contributed by atoms with E-state index in [4.69, 9.17) is 0 Å². The molecule has 7 heteroatoms. The number of nitro groups is 1. The molecule has 2 aromatic rings. The number of pyridine rings is 1. The first-order valence-corrected chi connectivity index (χ1v) is 5.42. The van der Waals surface area contributed by atoms with Gasteiger partial charge in [0.1, 0.15) is 11.9 Å². The molecule has 0 saturated heterocycles. The lowest BCUT2D eigenvalue weighted by molar-refractivity contribution is -0.388. The molecular weight excluding hydrogens is 228 g/mol. The fourth-order valence-corrected chi connectivity index (χ4v) is 1.75. The largest absolute Gasteiger partial charge is 0.386 e. The predicted molar refractivity (Wildman–Crippen MR) is 60.3 cm³/mol. The highest BCUT2D eigenvalue weighted by atomic mass is 32.1. The summed E-state index contributed by atoms with van der Waals surface area (Å²) in [4.78, 5) is 17.9. The van der Waals surface area contributed by atoms with Crippen LogP contribution in [0.2, 0.25) is 0 Å². The third-order valence-corrected chi connectivity index (χ3v) is 2.54. The molecule has 0 saturated carbocycles. The normalized spacial score (nSPS) is 10.0. The van der Waals surface area contributed by atoms with Gasteiger partial charge in [-0.2, -0.15) is 0 Å². The van der Waals surface area contributed by atoms with Crippen LogP contribution in [0, 0.1) is 10.1 Å². The van der Waals surface area contributed by atoms with Crippen LogP contribution >= 0.6 is 11.3 Å². The second kappa shape index (κ2) is 4.67. The molecule has 0 aromatic carbocycles. The third kappa shape index (κ3) is 2.31. The first-order chi connectivity index (χ1) is 7.77. The topological polar surface area (TPSA) is 81.0 Å². The molecule has 1 N–H and O–H groups in total. The van der Waals surface area contributed by atoms with Crippen molar-refractivity contribution in [2.45, 2.75) is 6.54 Å². The zero-order valence-corrected chi connectivity index (χ0v) is 8.98. The summed E-state index contributed by atoms with van der Waals surface area (Å²) in [5.41, 5.74) is 2.97. The van der Waals surface area contributed by atoms with Gasteiger partial charge in [-0.1, -0.05) is 0 Å². The van der Waals surface area contributed by atoms with Gasteiger partial charge in [-0.25, -0.2) is 4.98 Å². The Bertz CT molecular complexity index is 486. The van der Waals surface area contributed by atoms with E-state index in [1.165, 1.54) is 17.5 Å². The molecule has 0 fully saturated rings. The van der Waals surface area contributed by atoms with Crippen LogP contribution in [0.5, 0.6) is 0 Å². The molecule has 2 aromatic heterocycles. The molecule has 0 aliphatic heterocycles. The Balaban J connectivity index is 2.12. The Hall–Kier alpha value is -2.02. The lowest BCUT2D eigenvalue weighted by atomic mass is 10.3. The Labute approximate surface area is 95.1 Å². The van der Waals surface area contributed by atoms with Gasteiger partial charge in [-0.3, -0.25) is 0 Å². The molecule has 0 bridgehead atoms. The summed E-state index contributed by atoms with van der Waals surface area (Å²) >= 11 is 1.48. The minimum atomic E-state index is -0.511. The van der Waals surface area contributed by atoms with Gasteiger partial charge in [0.25, 0.3) is 0 Å².